The topological polar surface area (TPSA) is 144 Å². The molecule has 1 unspecified atom stereocenters. The number of nitrogens with one attached hydrogen (secondary N) is 2. The molecule has 0 amide bonds. The number of nitrogens with zero attached hydrogens (tertiary/aromatic N) is 3. The van der Waals surface area contributed by atoms with Crippen LogP contribution in [0.15, 0.2) is 54.9 Å². The molecule has 0 bridgehead atoms. The van der Waals surface area contributed by atoms with Crippen LogP contribution in [-0.4, -0.2) is 31.8 Å². The number of carbonyl (C=O) groups is 1. The number of benzene rings is 2. The normalized spacial score (nSPS) is 12.3. The van der Waals surface area contributed by atoms with Crippen LogP contribution in [0.1, 0.15) is 12.5 Å². The van der Waals surface area contributed by atoms with E-state index >= 15 is 0 Å². The molecule has 9 heteroatoms. The number of nitrogens with two attached hydrogens (primary N) is 1. The molecule has 5 aromatic rings. The third kappa shape index (κ3) is 3.65. The van der Waals surface area contributed by atoms with E-state index in [0.717, 1.165) is 31.7 Å². The van der Waals surface area contributed by atoms with E-state index in [-0.39, 0.29) is 5.95 Å². The van der Waals surface area contributed by atoms with Crippen molar-refractivity contribution >= 4 is 56.3 Å². The molecule has 34 heavy (non-hydrogen) atoms. The molecule has 0 saturated carbocycles. The molecule has 0 spiro atoms. The first kappa shape index (κ1) is 21.6. The highest BCUT2D eigenvalue weighted by Gasteiger charge is 2.22. The van der Waals surface area contributed by atoms with Crippen LogP contribution in [0.5, 0.6) is 0 Å². The third-order valence-electron chi connectivity index (χ3n) is 5.91. The van der Waals surface area contributed by atoms with Crippen molar-refractivity contribution in [2.75, 3.05) is 5.73 Å². The summed E-state index contributed by atoms with van der Waals surface area (Å²) in [5.41, 5.74) is 19.1. The third-order valence-corrected chi connectivity index (χ3v) is 7.06. The highest BCUT2D eigenvalue weighted by molar-refractivity contribution is 7.22. The lowest BCUT2D eigenvalue weighted by molar-refractivity contribution is -0.141. The van der Waals surface area contributed by atoms with E-state index in [2.05, 4.69) is 28.2 Å². The summed E-state index contributed by atoms with van der Waals surface area (Å²) in [6.07, 6.45) is 4.67. The maximum Gasteiger partial charge on any atom is 0.520 e. The maximum absolute atomic E-state index is 11.6. The molecule has 5 rings (SSSR count). The molecule has 3 aromatic heterocycles. The Labute approximate surface area is 199 Å². The van der Waals surface area contributed by atoms with Crippen LogP contribution in [0, 0.1) is 11.3 Å². The van der Waals surface area contributed by atoms with Gasteiger partial charge in [0.1, 0.15) is 5.92 Å². The Morgan fingerprint density at radius 3 is 2.82 bits per heavy atom. The fourth-order valence-corrected chi connectivity index (χ4v) is 5.17. The second-order valence-electron chi connectivity index (χ2n) is 8.21. The average molecular weight is 471 g/mol. The summed E-state index contributed by atoms with van der Waals surface area (Å²) < 4.78 is 3.00. The van der Waals surface area contributed by atoms with Gasteiger partial charge in [-0.1, -0.05) is 18.2 Å². The van der Waals surface area contributed by atoms with Gasteiger partial charge < -0.3 is 36.5 Å². The van der Waals surface area contributed by atoms with Crippen molar-refractivity contribution in [2.45, 2.75) is 13.5 Å². The monoisotopic (exact) mass is 470 g/mol. The number of carbonyl (C=O) groups excluding carboxylic acids is 1. The minimum Gasteiger partial charge on any atom is -0.564 e. The summed E-state index contributed by atoms with van der Waals surface area (Å²) in [5.74, 6) is -1.26. The maximum atomic E-state index is 11.6. The molecule has 0 aliphatic heterocycles. The van der Waals surface area contributed by atoms with Gasteiger partial charge in [0.15, 0.2) is 0 Å². The van der Waals surface area contributed by atoms with Crippen LogP contribution in [0.4, 0.5) is 11.6 Å². The first-order chi connectivity index (χ1) is 16.4. The van der Waals surface area contributed by atoms with Gasteiger partial charge >= 0.3 is 5.97 Å². The second kappa shape index (κ2) is 8.27. The fourth-order valence-electron chi connectivity index (χ4n) is 4.08. The lowest BCUT2D eigenvalue weighted by Gasteiger charge is -2.11. The second-order valence-corrected chi connectivity index (χ2v) is 9.29. The Kier molecular flexibility index (Phi) is 5.25. The van der Waals surface area contributed by atoms with Crippen LogP contribution < -0.4 is 5.73 Å². The molecule has 0 fully saturated rings. The zero-order chi connectivity index (χ0) is 24.0. The predicted octanol–water partition coefficient (Wildman–Crippen LogP) is 5.13. The van der Waals surface area contributed by atoms with E-state index in [1.54, 1.807) is 24.5 Å². The van der Waals surface area contributed by atoms with Crippen LogP contribution in [0.2, 0.25) is 0 Å². The minimum atomic E-state index is -0.646. The zero-order valence-corrected chi connectivity index (χ0v) is 19.1. The SMILES string of the molecule is CC(Cn1cc(-c2cc(C=N)c(N)c(-c3cc4ccccc4s3)c2)c2nc([NH-])ncc21)C(=O)[OH2+]. The molecule has 0 aliphatic carbocycles. The first-order valence-corrected chi connectivity index (χ1v) is 11.4. The van der Waals surface area contributed by atoms with Crippen molar-refractivity contribution in [3.05, 3.63) is 66.2 Å². The van der Waals surface area contributed by atoms with Gasteiger partial charge in [-0.15, -0.1) is 11.3 Å². The van der Waals surface area contributed by atoms with Crippen molar-refractivity contribution < 1.29 is 9.90 Å². The molecule has 8 nitrogen and oxygen atoms in total. The van der Waals surface area contributed by atoms with E-state index in [1.165, 1.54) is 6.21 Å². The molecule has 0 radical (unpaired) electrons. The summed E-state index contributed by atoms with van der Waals surface area (Å²) in [6.45, 7) is 2.01. The quantitative estimate of drug-likeness (QED) is 0.201. The summed E-state index contributed by atoms with van der Waals surface area (Å²) in [6, 6.07) is 14.0. The zero-order valence-electron chi connectivity index (χ0n) is 18.3. The van der Waals surface area contributed by atoms with Gasteiger partial charge in [0.2, 0.25) is 0 Å². The Hall–Kier alpha value is -4.24. The van der Waals surface area contributed by atoms with Crippen LogP contribution in [0.25, 0.3) is 48.4 Å². The summed E-state index contributed by atoms with van der Waals surface area (Å²) in [5, 5.41) is 16.5. The van der Waals surface area contributed by atoms with Crippen molar-refractivity contribution in [2.24, 2.45) is 5.92 Å². The van der Waals surface area contributed by atoms with Gasteiger partial charge in [-0.25, -0.2) is 0 Å². The van der Waals surface area contributed by atoms with E-state index in [4.69, 9.17) is 22.0 Å². The van der Waals surface area contributed by atoms with Crippen molar-refractivity contribution in [3.63, 3.8) is 0 Å². The highest BCUT2D eigenvalue weighted by Crippen LogP contribution is 2.41. The van der Waals surface area contributed by atoms with E-state index < -0.39 is 11.9 Å². The summed E-state index contributed by atoms with van der Waals surface area (Å²) in [7, 11) is 0. The number of anilines is 1. The van der Waals surface area contributed by atoms with Crippen LogP contribution in [0.3, 0.4) is 0 Å². The number of hydrogen-bond donors (Lipinski definition) is 2. The van der Waals surface area contributed by atoms with E-state index in [9.17, 15) is 4.79 Å². The number of rotatable bonds is 6. The van der Waals surface area contributed by atoms with Gasteiger partial charge in [-0.3, -0.25) is 0 Å². The standard InChI is InChI=1S/C25H22N6O2S/c1-13(24(32)33)11-31-12-18(23-19(31)10-29-25(28)30-23)15-6-16(9-26)22(27)17(7-15)21-8-14-4-2-3-5-20(14)34-21/h2-10,12-13H,11H2,1H3,(H6,26,27,28,29,30,32,33). The number of aromatic nitrogens is 3. The lowest BCUT2D eigenvalue weighted by atomic mass is 9.98. The van der Waals surface area contributed by atoms with E-state index in [0.29, 0.717) is 28.8 Å². The molecule has 3 heterocycles. The van der Waals surface area contributed by atoms with Gasteiger partial charge in [-0.2, -0.15) is 0 Å². The molecular weight excluding hydrogens is 448 g/mol. The van der Waals surface area contributed by atoms with Crippen LogP contribution in [-0.2, 0) is 11.3 Å². The van der Waals surface area contributed by atoms with E-state index in [1.807, 2.05) is 35.0 Å². The van der Waals surface area contributed by atoms with Crippen molar-refractivity contribution in [1.29, 1.82) is 5.41 Å². The van der Waals surface area contributed by atoms with Gasteiger partial charge in [-0.05, 0) is 48.3 Å². The Morgan fingerprint density at radius 1 is 1.29 bits per heavy atom. The Morgan fingerprint density at radius 2 is 2.09 bits per heavy atom. The Balaban J connectivity index is 1.73. The fraction of sp³-hybridized carbons (Fsp3) is 0.120. The minimum absolute atomic E-state index is 0.108. The molecule has 0 aliphatic rings. The lowest BCUT2D eigenvalue weighted by Crippen LogP contribution is -2.16. The Bertz CT molecular complexity index is 1550. The molecule has 170 valence electrons. The molecule has 1 atom stereocenters. The number of thiophene rings is 1. The average Bonchev–Trinajstić information content (AvgIpc) is 3.40. The van der Waals surface area contributed by atoms with Gasteiger partial charge in [0.25, 0.3) is 0 Å². The molecule has 0 saturated heterocycles. The predicted molar refractivity (Wildman–Crippen MR) is 138 cm³/mol. The largest absolute Gasteiger partial charge is 0.564 e. The number of hydrogen-bond acceptors (Lipinski definition) is 6. The van der Waals surface area contributed by atoms with Crippen LogP contribution >= 0.6 is 11.3 Å². The first-order valence-electron chi connectivity index (χ1n) is 10.6. The van der Waals surface area contributed by atoms with Gasteiger partial charge in [0.05, 0.1) is 5.52 Å². The molecule has 6 N–H and O–H groups in total. The summed E-state index contributed by atoms with van der Waals surface area (Å²) >= 11 is 1.64. The molecule has 2 aromatic carbocycles. The van der Waals surface area contributed by atoms with Crippen molar-refractivity contribution in [3.8, 4) is 21.6 Å². The number of fused-ring (bicyclic) bond motifs is 2. The molecular formula is C25H22N6O2S. The summed E-state index contributed by atoms with van der Waals surface area (Å²) in [4.78, 5) is 20.9. The van der Waals surface area contributed by atoms with Crippen molar-refractivity contribution in [1.82, 2.24) is 14.5 Å². The highest BCUT2D eigenvalue weighted by atomic mass is 32.1. The van der Waals surface area contributed by atoms with Gasteiger partial charge in [0, 0.05) is 67.2 Å². The number of nitrogen functional groups attached to an aromatic ring is 1. The smallest absolute Gasteiger partial charge is 0.520 e.